The van der Waals surface area contributed by atoms with E-state index in [1.54, 1.807) is 0 Å². The minimum atomic E-state index is -4.46. The highest BCUT2D eigenvalue weighted by atomic mass is 19.4. The highest BCUT2D eigenvalue weighted by Gasteiger charge is 2.38. The quantitative estimate of drug-likeness (QED) is 0.886. The van der Waals surface area contributed by atoms with Crippen LogP contribution in [0.2, 0.25) is 0 Å². The first kappa shape index (κ1) is 17.0. The predicted octanol–water partition coefficient (Wildman–Crippen LogP) is 3.69. The third-order valence-corrected chi connectivity index (χ3v) is 3.08. The minimum Gasteiger partial charge on any atom is -0.385 e. The largest absolute Gasteiger partial charge is 0.416 e. The molecule has 2 nitrogen and oxygen atoms in total. The summed E-state index contributed by atoms with van der Waals surface area (Å²) in [6, 6.07) is 5.17. The first-order valence-corrected chi connectivity index (χ1v) is 6.58. The summed E-state index contributed by atoms with van der Waals surface area (Å²) in [6.45, 7) is 7.74. The average molecular weight is 289 g/mol. The molecule has 0 saturated heterocycles. The number of hydrogen-bond acceptors (Lipinski definition) is 2. The molecule has 0 aliphatic heterocycles. The van der Waals surface area contributed by atoms with E-state index >= 15 is 0 Å². The van der Waals surface area contributed by atoms with E-state index in [1.807, 2.05) is 20.8 Å². The molecule has 0 fully saturated rings. The fraction of sp³-hybridized carbons (Fsp3) is 0.600. The van der Waals surface area contributed by atoms with Gasteiger partial charge in [0.25, 0.3) is 0 Å². The number of hydrogen-bond donors (Lipinski definition) is 2. The van der Waals surface area contributed by atoms with Gasteiger partial charge >= 0.3 is 6.18 Å². The van der Waals surface area contributed by atoms with Crippen molar-refractivity contribution in [2.75, 3.05) is 6.54 Å². The lowest BCUT2D eigenvalue weighted by Crippen LogP contribution is -2.39. The van der Waals surface area contributed by atoms with Gasteiger partial charge in [-0.2, -0.15) is 13.2 Å². The predicted molar refractivity (Wildman–Crippen MR) is 73.4 cm³/mol. The van der Waals surface area contributed by atoms with Crippen LogP contribution in [0.4, 0.5) is 13.2 Å². The SMILES string of the molecule is CC(C)(C)NCCC(C)(O)c1ccccc1C(F)(F)F. The van der Waals surface area contributed by atoms with Crippen molar-refractivity contribution in [1.82, 2.24) is 5.32 Å². The van der Waals surface area contributed by atoms with Crippen LogP contribution in [0.25, 0.3) is 0 Å². The Hall–Kier alpha value is -1.07. The molecule has 0 aliphatic rings. The van der Waals surface area contributed by atoms with Gasteiger partial charge in [0.05, 0.1) is 11.2 Å². The maximum Gasteiger partial charge on any atom is 0.416 e. The van der Waals surface area contributed by atoms with Crippen molar-refractivity contribution in [3.05, 3.63) is 35.4 Å². The molecule has 1 unspecified atom stereocenters. The van der Waals surface area contributed by atoms with Crippen LogP contribution in [0.15, 0.2) is 24.3 Å². The smallest absolute Gasteiger partial charge is 0.385 e. The number of halogens is 3. The molecule has 20 heavy (non-hydrogen) atoms. The molecule has 0 amide bonds. The maximum atomic E-state index is 13.0. The highest BCUT2D eigenvalue weighted by Crippen LogP contribution is 2.37. The Kier molecular flexibility index (Phi) is 4.87. The summed E-state index contributed by atoms with van der Waals surface area (Å²) in [5.74, 6) is 0. The molecule has 0 spiro atoms. The molecule has 0 aliphatic carbocycles. The van der Waals surface area contributed by atoms with Gasteiger partial charge < -0.3 is 10.4 Å². The molecular weight excluding hydrogens is 267 g/mol. The molecule has 0 heterocycles. The zero-order valence-electron chi connectivity index (χ0n) is 12.3. The summed E-state index contributed by atoms with van der Waals surface area (Å²) in [4.78, 5) is 0. The summed E-state index contributed by atoms with van der Waals surface area (Å²) in [6.07, 6.45) is -4.25. The maximum absolute atomic E-state index is 13.0. The number of aliphatic hydroxyl groups is 1. The second-order valence-electron chi connectivity index (χ2n) is 6.24. The zero-order chi connectivity index (χ0) is 15.6. The van der Waals surface area contributed by atoms with E-state index in [4.69, 9.17) is 0 Å². The second kappa shape index (κ2) is 5.74. The molecule has 0 radical (unpaired) electrons. The Morgan fingerprint density at radius 3 is 1.95 bits per heavy atom. The van der Waals surface area contributed by atoms with Gasteiger partial charge in [-0.25, -0.2) is 0 Å². The highest BCUT2D eigenvalue weighted by molar-refractivity contribution is 5.34. The van der Waals surface area contributed by atoms with Crippen LogP contribution in [0.3, 0.4) is 0 Å². The molecule has 114 valence electrons. The number of rotatable bonds is 4. The van der Waals surface area contributed by atoms with Crippen LogP contribution in [-0.4, -0.2) is 17.2 Å². The molecule has 5 heteroatoms. The summed E-state index contributed by atoms with van der Waals surface area (Å²) < 4.78 is 38.9. The van der Waals surface area contributed by atoms with E-state index in [1.165, 1.54) is 25.1 Å². The summed E-state index contributed by atoms with van der Waals surface area (Å²) in [5, 5.41) is 13.6. The fourth-order valence-electron chi connectivity index (χ4n) is 2.02. The average Bonchev–Trinajstić information content (AvgIpc) is 2.25. The van der Waals surface area contributed by atoms with Gasteiger partial charge in [0.2, 0.25) is 0 Å². The normalized spacial score (nSPS) is 16.0. The summed E-state index contributed by atoms with van der Waals surface area (Å²) >= 11 is 0. The van der Waals surface area contributed by atoms with E-state index < -0.39 is 17.3 Å². The lowest BCUT2D eigenvalue weighted by molar-refractivity contribution is -0.140. The topological polar surface area (TPSA) is 32.3 Å². The Morgan fingerprint density at radius 1 is 1.00 bits per heavy atom. The van der Waals surface area contributed by atoms with E-state index in [0.717, 1.165) is 6.07 Å². The van der Waals surface area contributed by atoms with Gasteiger partial charge in [-0.1, -0.05) is 18.2 Å². The van der Waals surface area contributed by atoms with Gasteiger partial charge in [-0.05, 0) is 52.3 Å². The third-order valence-electron chi connectivity index (χ3n) is 3.08. The van der Waals surface area contributed by atoms with E-state index in [0.29, 0.717) is 6.54 Å². The first-order valence-electron chi connectivity index (χ1n) is 6.58. The van der Waals surface area contributed by atoms with Crippen LogP contribution in [0.1, 0.15) is 45.2 Å². The molecule has 0 bridgehead atoms. The molecule has 0 aromatic heterocycles. The van der Waals surface area contributed by atoms with Crippen LogP contribution < -0.4 is 5.32 Å². The van der Waals surface area contributed by atoms with Crippen molar-refractivity contribution in [3.63, 3.8) is 0 Å². The van der Waals surface area contributed by atoms with E-state index in [2.05, 4.69) is 5.32 Å². The van der Waals surface area contributed by atoms with Crippen LogP contribution >= 0.6 is 0 Å². The number of alkyl halides is 3. The van der Waals surface area contributed by atoms with Crippen molar-refractivity contribution >= 4 is 0 Å². The summed E-state index contributed by atoms with van der Waals surface area (Å²) in [5.41, 5.74) is -2.52. The molecule has 1 aromatic rings. The molecule has 1 aromatic carbocycles. The lowest BCUT2D eigenvalue weighted by Gasteiger charge is -2.29. The van der Waals surface area contributed by atoms with Crippen LogP contribution in [-0.2, 0) is 11.8 Å². The lowest BCUT2D eigenvalue weighted by atomic mass is 9.88. The van der Waals surface area contributed by atoms with Crippen LogP contribution in [0.5, 0.6) is 0 Å². The second-order valence-corrected chi connectivity index (χ2v) is 6.24. The molecule has 0 saturated carbocycles. The monoisotopic (exact) mass is 289 g/mol. The Bertz CT molecular complexity index is 447. The van der Waals surface area contributed by atoms with Crippen LogP contribution in [0, 0.1) is 0 Å². The van der Waals surface area contributed by atoms with Crippen molar-refractivity contribution in [2.45, 2.75) is 51.4 Å². The van der Waals surface area contributed by atoms with Crippen molar-refractivity contribution in [3.8, 4) is 0 Å². The molecule has 1 rings (SSSR count). The molecule has 1 atom stereocenters. The van der Waals surface area contributed by atoms with E-state index in [-0.39, 0.29) is 17.5 Å². The molecular formula is C15H22F3NO. The Labute approximate surface area is 118 Å². The summed E-state index contributed by atoms with van der Waals surface area (Å²) in [7, 11) is 0. The van der Waals surface area contributed by atoms with Gasteiger partial charge in [0, 0.05) is 5.54 Å². The standard InChI is InChI=1S/C15H22F3NO/c1-13(2,3)19-10-9-14(4,20)11-7-5-6-8-12(11)15(16,17)18/h5-8,19-20H,9-10H2,1-4H3. The van der Waals surface area contributed by atoms with E-state index in [9.17, 15) is 18.3 Å². The number of benzene rings is 1. The number of nitrogens with one attached hydrogen (secondary N) is 1. The van der Waals surface area contributed by atoms with Gasteiger partial charge in [-0.3, -0.25) is 0 Å². The minimum absolute atomic E-state index is 0.0804. The van der Waals surface area contributed by atoms with Gasteiger partial charge in [0.1, 0.15) is 0 Å². The van der Waals surface area contributed by atoms with Crippen molar-refractivity contribution < 1.29 is 18.3 Å². The Balaban J connectivity index is 2.93. The van der Waals surface area contributed by atoms with Crippen molar-refractivity contribution in [1.29, 1.82) is 0 Å². The van der Waals surface area contributed by atoms with Gasteiger partial charge in [-0.15, -0.1) is 0 Å². The first-order chi connectivity index (χ1) is 8.93. The third kappa shape index (κ3) is 4.80. The fourth-order valence-corrected chi connectivity index (χ4v) is 2.02. The molecule has 2 N–H and O–H groups in total. The van der Waals surface area contributed by atoms with Gasteiger partial charge in [0.15, 0.2) is 0 Å². The zero-order valence-corrected chi connectivity index (χ0v) is 12.3. The Morgan fingerprint density at radius 2 is 1.50 bits per heavy atom. The van der Waals surface area contributed by atoms with Crippen molar-refractivity contribution in [2.24, 2.45) is 0 Å².